The lowest BCUT2D eigenvalue weighted by Crippen LogP contribution is -2.55. The first kappa shape index (κ1) is 27.7. The Bertz CT molecular complexity index is 1570. The fourth-order valence-corrected chi connectivity index (χ4v) is 7.37. The Morgan fingerprint density at radius 3 is 2.44 bits per heavy atom. The molecule has 1 spiro atoms. The van der Waals surface area contributed by atoms with Gasteiger partial charge in [-0.25, -0.2) is 18.1 Å². The fraction of sp³-hybridized carbons (Fsp3) is 0.469. The van der Waals surface area contributed by atoms with Gasteiger partial charge in [0.25, 0.3) is 15.9 Å². The van der Waals surface area contributed by atoms with Crippen LogP contribution < -0.4 is 9.46 Å². The number of rotatable bonds is 5. The van der Waals surface area contributed by atoms with Gasteiger partial charge < -0.3 is 9.64 Å². The lowest BCUT2D eigenvalue weighted by Gasteiger charge is -2.47. The van der Waals surface area contributed by atoms with Crippen LogP contribution in [0.1, 0.15) is 73.9 Å². The van der Waals surface area contributed by atoms with E-state index in [-0.39, 0.29) is 41.3 Å². The van der Waals surface area contributed by atoms with Crippen LogP contribution in [0.3, 0.4) is 0 Å². The second-order valence-electron chi connectivity index (χ2n) is 12.5. The van der Waals surface area contributed by atoms with E-state index in [1.165, 1.54) is 25.0 Å². The molecule has 2 saturated carbocycles. The monoisotopic (exact) mass is 574 g/mol. The predicted octanol–water partition coefficient (Wildman–Crippen LogP) is 6.14. The summed E-state index contributed by atoms with van der Waals surface area (Å²) in [6.45, 7) is 8.63. The number of carbonyl (C=O) groups is 1. The second-order valence-corrected chi connectivity index (χ2v) is 14.2. The zero-order valence-electron chi connectivity index (χ0n) is 24.2. The van der Waals surface area contributed by atoms with Crippen molar-refractivity contribution in [2.75, 3.05) is 11.3 Å². The van der Waals surface area contributed by atoms with Gasteiger partial charge in [0.1, 0.15) is 6.61 Å². The van der Waals surface area contributed by atoms with Crippen molar-refractivity contribution in [3.05, 3.63) is 65.2 Å². The summed E-state index contributed by atoms with van der Waals surface area (Å²) in [5.74, 6) is 0.525. The molecule has 0 radical (unpaired) electrons. The van der Waals surface area contributed by atoms with Gasteiger partial charge in [-0.15, -0.1) is 0 Å². The molecule has 0 saturated heterocycles. The molecule has 2 aliphatic carbocycles. The molecule has 1 atom stereocenters. The Hall–Kier alpha value is -3.46. The van der Waals surface area contributed by atoms with Gasteiger partial charge in [-0.3, -0.25) is 4.79 Å². The first-order valence-electron chi connectivity index (χ1n) is 14.6. The highest BCUT2D eigenvalue weighted by molar-refractivity contribution is 7.92. The molecule has 2 fully saturated rings. The van der Waals surface area contributed by atoms with Crippen molar-refractivity contribution < 1.29 is 17.9 Å². The molecule has 3 aromatic rings. The number of hydrogen-bond acceptors (Lipinski definition) is 6. The summed E-state index contributed by atoms with van der Waals surface area (Å²) in [4.78, 5) is 25.2. The van der Waals surface area contributed by atoms with Gasteiger partial charge in [-0.1, -0.05) is 38.1 Å². The number of aryl methyl sites for hydroxylation is 2. The quantitative estimate of drug-likeness (QED) is 0.393. The molecule has 6 rings (SSSR count). The van der Waals surface area contributed by atoms with E-state index >= 15 is 0 Å². The number of fused-ring (bicyclic) bond motifs is 4. The minimum absolute atomic E-state index is 0.00269. The van der Waals surface area contributed by atoms with Crippen LogP contribution in [-0.2, 0) is 10.0 Å². The maximum Gasteiger partial charge on any atom is 0.264 e. The number of hydrogen-bond donors (Lipinski definition) is 1. The van der Waals surface area contributed by atoms with Gasteiger partial charge in [0, 0.05) is 23.2 Å². The Balaban J connectivity index is 1.47. The summed E-state index contributed by atoms with van der Waals surface area (Å²) in [5.41, 5.74) is 4.27. The molecule has 1 amide bonds. The lowest BCUT2D eigenvalue weighted by molar-refractivity contribution is 0.0107. The number of benzene rings is 2. The molecule has 216 valence electrons. The summed E-state index contributed by atoms with van der Waals surface area (Å²) >= 11 is 0. The topological polar surface area (TPSA) is 101 Å². The summed E-state index contributed by atoms with van der Waals surface area (Å²) in [5, 5.41) is 0. The van der Waals surface area contributed by atoms with Crippen LogP contribution in [0.5, 0.6) is 5.88 Å². The smallest absolute Gasteiger partial charge is 0.264 e. The number of nitrogens with one attached hydrogen (secondary N) is 1. The third-order valence-electron chi connectivity index (χ3n) is 8.87. The number of sulfonamides is 1. The van der Waals surface area contributed by atoms with Gasteiger partial charge >= 0.3 is 0 Å². The molecule has 0 unspecified atom stereocenters. The molecule has 1 aromatic heterocycles. The zero-order valence-corrected chi connectivity index (χ0v) is 25.0. The number of nitrogens with zero attached hydrogens (tertiary/aromatic N) is 3. The van der Waals surface area contributed by atoms with E-state index in [9.17, 15) is 13.2 Å². The van der Waals surface area contributed by atoms with Crippen molar-refractivity contribution in [1.29, 1.82) is 0 Å². The summed E-state index contributed by atoms with van der Waals surface area (Å²) in [6.07, 6.45) is 6.15. The second kappa shape index (κ2) is 10.4. The van der Waals surface area contributed by atoms with E-state index in [4.69, 9.17) is 4.74 Å². The Kier molecular flexibility index (Phi) is 7.04. The molecule has 2 aromatic carbocycles. The highest BCUT2D eigenvalue weighted by Crippen LogP contribution is 2.62. The van der Waals surface area contributed by atoms with E-state index in [0.29, 0.717) is 22.6 Å². The van der Waals surface area contributed by atoms with E-state index in [0.717, 1.165) is 42.4 Å². The van der Waals surface area contributed by atoms with Crippen molar-refractivity contribution in [3.63, 3.8) is 0 Å². The van der Waals surface area contributed by atoms with Crippen LogP contribution in [0, 0.1) is 25.2 Å². The number of ether oxygens (including phenoxy) is 1. The molecule has 41 heavy (non-hydrogen) atoms. The van der Waals surface area contributed by atoms with Crippen LogP contribution in [0.2, 0.25) is 0 Å². The van der Waals surface area contributed by atoms with Gasteiger partial charge in [0.05, 0.1) is 16.6 Å². The Morgan fingerprint density at radius 2 is 1.76 bits per heavy atom. The minimum atomic E-state index is -4.08. The molecule has 4 bridgehead atoms. The van der Waals surface area contributed by atoms with Crippen molar-refractivity contribution in [2.24, 2.45) is 11.3 Å². The van der Waals surface area contributed by atoms with E-state index < -0.39 is 10.0 Å². The minimum Gasteiger partial charge on any atom is -0.475 e. The summed E-state index contributed by atoms with van der Waals surface area (Å²) in [7, 11) is -4.08. The number of carbonyl (C=O) groups excluding carboxylic acids is 1. The molecule has 8 nitrogen and oxygen atoms in total. The molecule has 1 N–H and O–H groups in total. The normalized spacial score (nSPS) is 21.2. The van der Waals surface area contributed by atoms with Gasteiger partial charge in [-0.05, 0) is 93.0 Å². The van der Waals surface area contributed by atoms with Crippen molar-refractivity contribution in [2.45, 2.75) is 83.2 Å². The van der Waals surface area contributed by atoms with E-state index in [2.05, 4.69) is 28.5 Å². The van der Waals surface area contributed by atoms with Crippen molar-refractivity contribution in [3.8, 4) is 17.1 Å². The van der Waals surface area contributed by atoms with E-state index in [1.807, 2.05) is 36.9 Å². The van der Waals surface area contributed by atoms with Crippen molar-refractivity contribution in [1.82, 2.24) is 14.9 Å². The standard InChI is InChI=1S/C32H38N4O4S/c1-20(2)11-12-24-19-40-28-16-27(29-21(3)7-5-8-22(29)4)33-31(34-28)35-41(38,39)26-10-6-9-23(15-26)30(37)36(24)25-17-32(18-25)13-14-32/h5-10,15-16,20,24-25H,11-14,17-19H2,1-4H3,(H,33,34,35)/t24-/m1/s1. The maximum atomic E-state index is 14.2. The summed E-state index contributed by atoms with van der Waals surface area (Å²) in [6, 6.07) is 14.0. The summed E-state index contributed by atoms with van der Waals surface area (Å²) < 4.78 is 35.9. The third kappa shape index (κ3) is 5.56. The average Bonchev–Trinajstić information content (AvgIpc) is 3.70. The van der Waals surface area contributed by atoms with Crippen LogP contribution in [-0.4, -0.2) is 47.9 Å². The first-order chi connectivity index (χ1) is 19.5. The average molecular weight is 575 g/mol. The van der Waals surface area contributed by atoms with Crippen LogP contribution in [0.25, 0.3) is 11.3 Å². The van der Waals surface area contributed by atoms with Gasteiger partial charge in [0.2, 0.25) is 11.8 Å². The largest absolute Gasteiger partial charge is 0.475 e. The van der Waals surface area contributed by atoms with Crippen molar-refractivity contribution >= 4 is 21.9 Å². The third-order valence-corrected chi connectivity index (χ3v) is 10.2. The van der Waals surface area contributed by atoms with Gasteiger partial charge in [0.15, 0.2) is 0 Å². The molecule has 9 heteroatoms. The van der Waals surface area contributed by atoms with Gasteiger partial charge in [-0.2, -0.15) is 4.98 Å². The first-order valence-corrected chi connectivity index (χ1v) is 16.1. The Morgan fingerprint density at radius 1 is 1.05 bits per heavy atom. The molecule has 3 aliphatic rings. The number of anilines is 1. The molecule has 2 heterocycles. The van der Waals surface area contributed by atoms with Crippen LogP contribution in [0.15, 0.2) is 53.4 Å². The highest BCUT2D eigenvalue weighted by atomic mass is 32.2. The fourth-order valence-electron chi connectivity index (χ4n) is 6.38. The lowest BCUT2D eigenvalue weighted by atomic mass is 9.75. The zero-order chi connectivity index (χ0) is 28.9. The maximum absolute atomic E-state index is 14.2. The molecular formula is C32H38N4O4S. The number of aromatic nitrogens is 2. The molecular weight excluding hydrogens is 536 g/mol. The highest BCUT2D eigenvalue weighted by Gasteiger charge is 2.56. The molecule has 1 aliphatic heterocycles. The Labute approximate surface area is 242 Å². The SMILES string of the molecule is Cc1cccc(C)c1-c1cc2nc(n1)NS(=O)(=O)c1cccc(c1)C(=O)N(C1CC3(CC3)C1)[C@H](CCC(C)C)CO2. The van der Waals surface area contributed by atoms with E-state index in [1.54, 1.807) is 18.2 Å². The van der Waals surface area contributed by atoms with Crippen LogP contribution >= 0.6 is 0 Å². The number of amides is 1. The predicted molar refractivity (Wildman–Crippen MR) is 158 cm³/mol. The van der Waals surface area contributed by atoms with Crippen LogP contribution in [0.4, 0.5) is 5.95 Å².